The molecule has 8 nitrogen and oxygen atoms in total. The highest BCUT2D eigenvalue weighted by Crippen LogP contribution is 2.43. The predicted octanol–water partition coefficient (Wildman–Crippen LogP) is 1.56. The van der Waals surface area contributed by atoms with Crippen molar-refractivity contribution in [2.45, 2.75) is 37.7 Å². The molecule has 2 saturated heterocycles. The van der Waals surface area contributed by atoms with Crippen molar-refractivity contribution in [1.82, 2.24) is 15.1 Å². The van der Waals surface area contributed by atoms with E-state index in [1.165, 1.54) is 11.1 Å². The minimum absolute atomic E-state index is 0.0764. The third kappa shape index (κ3) is 2.95. The molecule has 1 unspecified atom stereocenters. The van der Waals surface area contributed by atoms with Crippen LogP contribution < -0.4 is 5.32 Å². The molecule has 0 saturated carbocycles. The third-order valence-electron chi connectivity index (χ3n) is 7.18. The van der Waals surface area contributed by atoms with E-state index in [1.807, 2.05) is 55.5 Å². The molecule has 3 atom stereocenters. The number of piperazine rings is 1. The van der Waals surface area contributed by atoms with Crippen LogP contribution in [0.5, 0.6) is 0 Å². The molecular formula is C26H23N3O5. The van der Waals surface area contributed by atoms with Crippen LogP contribution in [0.1, 0.15) is 30.5 Å². The number of ether oxygens (including phenoxy) is 1. The molecule has 2 amide bonds. The molecule has 172 valence electrons. The van der Waals surface area contributed by atoms with Gasteiger partial charge in [-0.1, -0.05) is 48.5 Å². The molecule has 8 heteroatoms. The Hall–Kier alpha value is -3.78. The van der Waals surface area contributed by atoms with Crippen LogP contribution in [0.15, 0.2) is 60.3 Å². The zero-order chi connectivity index (χ0) is 23.6. The summed E-state index contributed by atoms with van der Waals surface area (Å²) in [6, 6.07) is 13.8. The highest BCUT2D eigenvalue weighted by molar-refractivity contribution is 6.54. The molecule has 0 bridgehead atoms. The van der Waals surface area contributed by atoms with E-state index in [1.54, 1.807) is 4.90 Å². The maximum absolute atomic E-state index is 13.3. The second kappa shape index (κ2) is 7.63. The van der Waals surface area contributed by atoms with Gasteiger partial charge in [-0.15, -0.1) is 0 Å². The van der Waals surface area contributed by atoms with Gasteiger partial charge in [0.2, 0.25) is 11.6 Å². The number of nitrogens with one attached hydrogen (secondary N) is 1. The number of benzene rings is 2. The molecule has 4 aliphatic rings. The number of hydrogen-bond donors (Lipinski definition) is 1. The van der Waals surface area contributed by atoms with Crippen molar-refractivity contribution in [3.05, 3.63) is 71.4 Å². The smallest absolute Gasteiger partial charge is 0.257 e. The van der Waals surface area contributed by atoms with E-state index in [-0.39, 0.29) is 18.2 Å². The lowest BCUT2D eigenvalue weighted by molar-refractivity contribution is -0.185. The normalized spacial score (nSPS) is 25.9. The van der Waals surface area contributed by atoms with E-state index in [0.29, 0.717) is 13.0 Å². The van der Waals surface area contributed by atoms with Crippen LogP contribution in [-0.4, -0.2) is 64.6 Å². The number of rotatable bonds is 2. The summed E-state index contributed by atoms with van der Waals surface area (Å²) >= 11 is 0. The lowest BCUT2D eigenvalue weighted by atomic mass is 9.92. The first kappa shape index (κ1) is 20.8. The number of ketones is 2. The first-order chi connectivity index (χ1) is 16.5. The van der Waals surface area contributed by atoms with Gasteiger partial charge in [0, 0.05) is 12.2 Å². The van der Waals surface area contributed by atoms with Crippen molar-refractivity contribution in [2.24, 2.45) is 0 Å². The van der Waals surface area contributed by atoms with E-state index in [9.17, 15) is 19.2 Å². The average Bonchev–Trinajstić information content (AvgIpc) is 3.15. The number of amides is 2. The van der Waals surface area contributed by atoms with Crippen LogP contribution in [0.25, 0.3) is 11.1 Å². The van der Waals surface area contributed by atoms with E-state index in [4.69, 9.17) is 4.74 Å². The standard InChI is InChI=1S/C26H23N3O5/c1-14-10-11-34-20-13-28-12-19(23(30)24(31)22(28)26(33)29(14)20)25(32)27-21-17-8-4-2-6-15(17)16-7-3-5-9-18(16)21/h2-9,12,14,20-22H,10-11,13H2,1H3,(H,27,32)/t14-,20+,22?/m1/s1. The van der Waals surface area contributed by atoms with Crippen LogP contribution >= 0.6 is 0 Å². The Morgan fingerprint density at radius 1 is 1.00 bits per heavy atom. The second-order valence-electron chi connectivity index (χ2n) is 9.13. The molecule has 0 radical (unpaired) electrons. The van der Waals surface area contributed by atoms with Gasteiger partial charge >= 0.3 is 0 Å². The van der Waals surface area contributed by atoms with E-state index >= 15 is 0 Å². The van der Waals surface area contributed by atoms with Crippen molar-refractivity contribution in [1.29, 1.82) is 0 Å². The van der Waals surface area contributed by atoms with E-state index < -0.39 is 41.7 Å². The Labute approximate surface area is 196 Å². The molecule has 0 aromatic heterocycles. The van der Waals surface area contributed by atoms with Crippen molar-refractivity contribution in [2.75, 3.05) is 13.2 Å². The minimum atomic E-state index is -1.24. The van der Waals surface area contributed by atoms with E-state index in [2.05, 4.69) is 5.32 Å². The number of nitrogens with zero attached hydrogens (tertiary/aromatic N) is 2. The molecule has 0 spiro atoms. The Balaban J connectivity index is 1.32. The fraction of sp³-hybridized carbons (Fsp3) is 0.308. The van der Waals surface area contributed by atoms with Crippen LogP contribution in [0, 0.1) is 0 Å². The number of carbonyl (C=O) groups excluding carboxylic acids is 4. The summed E-state index contributed by atoms with van der Waals surface area (Å²) in [6.45, 7) is 2.65. The lowest BCUT2D eigenvalue weighted by Gasteiger charge is -2.49. The van der Waals surface area contributed by atoms with Crippen LogP contribution in [0.2, 0.25) is 0 Å². The summed E-state index contributed by atoms with van der Waals surface area (Å²) in [4.78, 5) is 55.4. The fourth-order valence-corrected chi connectivity index (χ4v) is 5.50. The van der Waals surface area contributed by atoms with Crippen molar-refractivity contribution in [3.63, 3.8) is 0 Å². The molecule has 1 N–H and O–H groups in total. The molecule has 2 fully saturated rings. The highest BCUT2D eigenvalue weighted by Gasteiger charge is 2.51. The van der Waals surface area contributed by atoms with Gasteiger partial charge in [0.1, 0.15) is 11.8 Å². The Morgan fingerprint density at radius 2 is 1.65 bits per heavy atom. The molecule has 2 aromatic rings. The minimum Gasteiger partial charge on any atom is -0.356 e. The summed E-state index contributed by atoms with van der Waals surface area (Å²) in [5.74, 6) is -2.89. The lowest BCUT2D eigenvalue weighted by Crippen LogP contribution is -2.69. The van der Waals surface area contributed by atoms with Gasteiger partial charge in [-0.3, -0.25) is 19.2 Å². The van der Waals surface area contributed by atoms with Gasteiger partial charge in [-0.2, -0.15) is 0 Å². The van der Waals surface area contributed by atoms with Gasteiger partial charge < -0.3 is 19.9 Å². The van der Waals surface area contributed by atoms with Crippen molar-refractivity contribution in [3.8, 4) is 11.1 Å². The topological polar surface area (TPSA) is 96.0 Å². The zero-order valence-corrected chi connectivity index (χ0v) is 18.6. The third-order valence-corrected chi connectivity index (χ3v) is 7.18. The quantitative estimate of drug-likeness (QED) is 0.418. The van der Waals surface area contributed by atoms with Crippen molar-refractivity contribution >= 4 is 23.4 Å². The number of fused-ring (bicyclic) bond motifs is 5. The molecule has 34 heavy (non-hydrogen) atoms. The zero-order valence-electron chi connectivity index (χ0n) is 18.6. The maximum Gasteiger partial charge on any atom is 0.257 e. The summed E-state index contributed by atoms with van der Waals surface area (Å²) in [5, 5.41) is 2.95. The Kier molecular flexibility index (Phi) is 4.67. The molecule has 2 aromatic carbocycles. The van der Waals surface area contributed by atoms with Gasteiger partial charge in [0.25, 0.3) is 11.8 Å². The summed E-state index contributed by atoms with van der Waals surface area (Å²) in [7, 11) is 0. The summed E-state index contributed by atoms with van der Waals surface area (Å²) < 4.78 is 5.75. The SMILES string of the molecule is C[C@@H]1CCO[C@H]2CN3C=C(C(=O)NC4c5ccccc5-c5ccccc54)C(=O)C(=O)C3C(=O)N12. The Morgan fingerprint density at radius 3 is 2.32 bits per heavy atom. The monoisotopic (exact) mass is 457 g/mol. The molecule has 3 aliphatic heterocycles. The fourth-order valence-electron chi connectivity index (χ4n) is 5.50. The average molecular weight is 457 g/mol. The van der Waals surface area contributed by atoms with Gasteiger partial charge in [0.05, 0.1) is 19.2 Å². The predicted molar refractivity (Wildman–Crippen MR) is 121 cm³/mol. The Bertz CT molecular complexity index is 1240. The number of Topliss-reactive ketones (excluding diaryl/α,β-unsaturated/α-hetero) is 2. The first-order valence-electron chi connectivity index (χ1n) is 11.4. The largest absolute Gasteiger partial charge is 0.356 e. The molecule has 6 rings (SSSR count). The van der Waals surface area contributed by atoms with Gasteiger partial charge in [-0.25, -0.2) is 0 Å². The van der Waals surface area contributed by atoms with Crippen molar-refractivity contribution < 1.29 is 23.9 Å². The second-order valence-corrected chi connectivity index (χ2v) is 9.13. The molecular weight excluding hydrogens is 434 g/mol. The first-order valence-corrected chi connectivity index (χ1v) is 11.4. The summed E-state index contributed by atoms with van der Waals surface area (Å²) in [6.07, 6.45) is 1.52. The van der Waals surface area contributed by atoms with E-state index in [0.717, 1.165) is 22.3 Å². The number of carbonyl (C=O) groups is 4. The highest BCUT2D eigenvalue weighted by atomic mass is 16.5. The van der Waals surface area contributed by atoms with Crippen LogP contribution in [0.3, 0.4) is 0 Å². The van der Waals surface area contributed by atoms with Crippen LogP contribution in [-0.2, 0) is 23.9 Å². The number of hydrogen-bond acceptors (Lipinski definition) is 6. The summed E-state index contributed by atoms with van der Waals surface area (Å²) in [5.41, 5.74) is 3.65. The molecule has 1 aliphatic carbocycles. The molecule has 3 heterocycles. The van der Waals surface area contributed by atoms with Gasteiger partial charge in [0.15, 0.2) is 6.04 Å². The van der Waals surface area contributed by atoms with Gasteiger partial charge in [-0.05, 0) is 35.6 Å². The maximum atomic E-state index is 13.3. The van der Waals surface area contributed by atoms with Crippen LogP contribution in [0.4, 0.5) is 0 Å².